The van der Waals surface area contributed by atoms with Gasteiger partial charge in [0.25, 0.3) is 5.91 Å². The van der Waals surface area contributed by atoms with Crippen LogP contribution in [-0.4, -0.2) is 5.91 Å². The summed E-state index contributed by atoms with van der Waals surface area (Å²) in [6, 6.07) is 11.9. The fourth-order valence-electron chi connectivity index (χ4n) is 2.55. The molecule has 0 saturated heterocycles. The van der Waals surface area contributed by atoms with Crippen LogP contribution >= 0.6 is 11.6 Å². The lowest BCUT2D eigenvalue weighted by Crippen LogP contribution is -2.18. The first-order chi connectivity index (χ1) is 10.6. The van der Waals surface area contributed by atoms with Gasteiger partial charge in [0.15, 0.2) is 0 Å². The lowest BCUT2D eigenvalue weighted by molar-refractivity contribution is -0.116. The Hall–Kier alpha value is -2.32. The van der Waals surface area contributed by atoms with E-state index in [1.165, 1.54) is 0 Å². The van der Waals surface area contributed by atoms with Crippen LogP contribution in [0.15, 0.2) is 65.9 Å². The van der Waals surface area contributed by atoms with Crippen molar-refractivity contribution in [2.45, 2.75) is 13.3 Å². The minimum Gasteiger partial charge on any atom is -0.329 e. The van der Waals surface area contributed by atoms with Crippen molar-refractivity contribution < 1.29 is 4.79 Å². The Morgan fingerprint density at radius 2 is 2.05 bits per heavy atom. The molecule has 0 bridgehead atoms. The summed E-state index contributed by atoms with van der Waals surface area (Å²) in [5.74, 6) is -0.0688. The summed E-state index contributed by atoms with van der Waals surface area (Å²) in [5, 5.41) is 5.66. The first-order valence-corrected chi connectivity index (χ1v) is 7.55. The van der Waals surface area contributed by atoms with Gasteiger partial charge in [0.2, 0.25) is 0 Å². The number of benzene rings is 2. The maximum atomic E-state index is 12.0. The molecule has 2 aromatic rings. The van der Waals surface area contributed by atoms with Gasteiger partial charge in [0, 0.05) is 22.4 Å². The molecule has 1 aliphatic rings. The fourth-order valence-corrected chi connectivity index (χ4v) is 2.78. The van der Waals surface area contributed by atoms with Crippen molar-refractivity contribution in [3.63, 3.8) is 0 Å². The third-order valence-electron chi connectivity index (χ3n) is 3.72. The third-order valence-corrected chi connectivity index (χ3v) is 4.05. The minimum atomic E-state index is -0.0688. The Balaban J connectivity index is 1.80. The standard InChI is InChI=1S/C19H16ClNO/c1-13-6-7-15(12-13)19(22)21-11-10-17-16-5-3-2-4-14(16)8-9-18(17)20/h2-6,8-12H,7H2,1H3,(H,21,22)/b11-10-. The quantitative estimate of drug-likeness (QED) is 0.862. The largest absolute Gasteiger partial charge is 0.329 e. The van der Waals surface area contributed by atoms with Gasteiger partial charge in [-0.3, -0.25) is 4.79 Å². The molecule has 2 nitrogen and oxygen atoms in total. The Morgan fingerprint density at radius 3 is 2.82 bits per heavy atom. The van der Waals surface area contributed by atoms with Crippen molar-refractivity contribution in [3.8, 4) is 0 Å². The van der Waals surface area contributed by atoms with E-state index in [0.717, 1.165) is 27.5 Å². The number of fused-ring (bicyclic) bond motifs is 1. The molecule has 0 saturated carbocycles. The van der Waals surface area contributed by atoms with E-state index in [1.54, 1.807) is 6.20 Å². The van der Waals surface area contributed by atoms with E-state index in [1.807, 2.05) is 61.5 Å². The molecule has 0 spiro atoms. The molecular weight excluding hydrogens is 294 g/mol. The monoisotopic (exact) mass is 309 g/mol. The average molecular weight is 310 g/mol. The Morgan fingerprint density at radius 1 is 1.23 bits per heavy atom. The van der Waals surface area contributed by atoms with Gasteiger partial charge in [-0.2, -0.15) is 0 Å². The van der Waals surface area contributed by atoms with Gasteiger partial charge in [0.1, 0.15) is 0 Å². The fraction of sp³-hybridized carbons (Fsp3) is 0.105. The van der Waals surface area contributed by atoms with Crippen LogP contribution in [0.2, 0.25) is 5.02 Å². The highest BCUT2D eigenvalue weighted by atomic mass is 35.5. The van der Waals surface area contributed by atoms with Crippen molar-refractivity contribution in [3.05, 3.63) is 76.5 Å². The number of carbonyl (C=O) groups excluding carboxylic acids is 1. The van der Waals surface area contributed by atoms with Crippen LogP contribution in [0.1, 0.15) is 18.9 Å². The highest BCUT2D eigenvalue weighted by Crippen LogP contribution is 2.27. The number of carbonyl (C=O) groups is 1. The maximum absolute atomic E-state index is 12.0. The number of halogens is 1. The predicted octanol–water partition coefficient (Wildman–Crippen LogP) is 4.86. The van der Waals surface area contributed by atoms with Crippen molar-refractivity contribution in [1.29, 1.82) is 0 Å². The SMILES string of the molecule is CC1=CCC(C(=O)N/C=C\c2c(Cl)ccc3ccccc23)=C1. The summed E-state index contributed by atoms with van der Waals surface area (Å²) in [6.45, 7) is 1.99. The molecule has 0 heterocycles. The number of hydrogen-bond donors (Lipinski definition) is 1. The van der Waals surface area contributed by atoms with Gasteiger partial charge in [-0.05, 0) is 36.3 Å². The van der Waals surface area contributed by atoms with Crippen molar-refractivity contribution in [1.82, 2.24) is 5.32 Å². The molecule has 0 atom stereocenters. The minimum absolute atomic E-state index is 0.0688. The molecule has 1 amide bonds. The molecule has 0 radical (unpaired) electrons. The molecule has 0 unspecified atom stereocenters. The van der Waals surface area contributed by atoms with E-state index in [4.69, 9.17) is 11.6 Å². The van der Waals surface area contributed by atoms with Gasteiger partial charge < -0.3 is 5.32 Å². The second kappa shape index (κ2) is 6.20. The molecular formula is C19H16ClNO. The highest BCUT2D eigenvalue weighted by molar-refractivity contribution is 6.33. The first kappa shape index (κ1) is 14.6. The predicted molar refractivity (Wildman–Crippen MR) is 92.6 cm³/mol. The molecule has 0 fully saturated rings. The topological polar surface area (TPSA) is 29.1 Å². The van der Waals surface area contributed by atoms with Gasteiger partial charge in [-0.15, -0.1) is 0 Å². The Labute approximate surface area is 134 Å². The van der Waals surface area contributed by atoms with E-state index in [9.17, 15) is 4.79 Å². The Bertz CT molecular complexity index is 830. The number of rotatable bonds is 3. The van der Waals surface area contributed by atoms with E-state index >= 15 is 0 Å². The summed E-state index contributed by atoms with van der Waals surface area (Å²) in [5.41, 5.74) is 2.83. The first-order valence-electron chi connectivity index (χ1n) is 7.17. The zero-order valence-electron chi connectivity index (χ0n) is 12.3. The summed E-state index contributed by atoms with van der Waals surface area (Å²) >= 11 is 6.28. The molecule has 3 rings (SSSR count). The smallest absolute Gasteiger partial charge is 0.251 e. The van der Waals surface area contributed by atoms with E-state index in [2.05, 4.69) is 5.32 Å². The third kappa shape index (κ3) is 2.97. The van der Waals surface area contributed by atoms with Crippen LogP contribution in [0, 0.1) is 0 Å². The van der Waals surface area contributed by atoms with Crippen molar-refractivity contribution in [2.24, 2.45) is 0 Å². The average Bonchev–Trinajstić information content (AvgIpc) is 2.96. The molecule has 3 heteroatoms. The highest BCUT2D eigenvalue weighted by Gasteiger charge is 2.11. The normalized spacial score (nSPS) is 14.3. The van der Waals surface area contributed by atoms with E-state index < -0.39 is 0 Å². The molecule has 0 aromatic heterocycles. The lowest BCUT2D eigenvalue weighted by Gasteiger charge is -2.05. The van der Waals surface area contributed by atoms with Gasteiger partial charge in [-0.1, -0.05) is 59.7 Å². The molecule has 2 aromatic carbocycles. The van der Waals surface area contributed by atoms with Crippen LogP contribution < -0.4 is 5.32 Å². The van der Waals surface area contributed by atoms with Crippen LogP contribution in [0.3, 0.4) is 0 Å². The van der Waals surface area contributed by atoms with Gasteiger partial charge in [0.05, 0.1) is 0 Å². The molecule has 110 valence electrons. The summed E-state index contributed by atoms with van der Waals surface area (Å²) in [7, 11) is 0. The van der Waals surface area contributed by atoms with Crippen LogP contribution in [0.25, 0.3) is 16.8 Å². The van der Waals surface area contributed by atoms with Crippen LogP contribution in [0.5, 0.6) is 0 Å². The number of allylic oxidation sites excluding steroid dienone is 3. The molecule has 1 N–H and O–H groups in total. The number of nitrogens with one attached hydrogen (secondary N) is 1. The van der Waals surface area contributed by atoms with E-state index in [0.29, 0.717) is 11.4 Å². The molecule has 1 aliphatic carbocycles. The van der Waals surface area contributed by atoms with E-state index in [-0.39, 0.29) is 5.91 Å². The summed E-state index contributed by atoms with van der Waals surface area (Å²) in [6.07, 6.45) is 8.15. The maximum Gasteiger partial charge on any atom is 0.251 e. The molecule has 22 heavy (non-hydrogen) atoms. The number of amides is 1. The van der Waals surface area contributed by atoms with Crippen LogP contribution in [-0.2, 0) is 4.79 Å². The summed E-state index contributed by atoms with van der Waals surface area (Å²) in [4.78, 5) is 12.0. The van der Waals surface area contributed by atoms with Crippen molar-refractivity contribution >= 4 is 34.4 Å². The second-order valence-electron chi connectivity index (χ2n) is 5.31. The number of hydrogen-bond acceptors (Lipinski definition) is 1. The molecule has 0 aliphatic heterocycles. The van der Waals surface area contributed by atoms with Crippen molar-refractivity contribution in [2.75, 3.05) is 0 Å². The zero-order valence-corrected chi connectivity index (χ0v) is 13.0. The zero-order chi connectivity index (χ0) is 15.5. The van der Waals surface area contributed by atoms with Crippen LogP contribution in [0.4, 0.5) is 0 Å². The Kier molecular flexibility index (Phi) is 4.12. The second-order valence-corrected chi connectivity index (χ2v) is 5.72. The van der Waals surface area contributed by atoms with Gasteiger partial charge in [-0.25, -0.2) is 0 Å². The van der Waals surface area contributed by atoms with Gasteiger partial charge >= 0.3 is 0 Å². The lowest BCUT2D eigenvalue weighted by atomic mass is 10.0. The summed E-state index contributed by atoms with van der Waals surface area (Å²) < 4.78 is 0.